The minimum absolute atomic E-state index is 0.240. The first-order valence-corrected chi connectivity index (χ1v) is 13.6. The fourth-order valence-electron chi connectivity index (χ4n) is 6.99. The van der Waals surface area contributed by atoms with E-state index in [0.717, 1.165) is 62.6 Å². The van der Waals surface area contributed by atoms with Gasteiger partial charge in [0.1, 0.15) is 17.4 Å². The van der Waals surface area contributed by atoms with E-state index in [2.05, 4.69) is 50.3 Å². The minimum atomic E-state index is -0.887. The number of benzene rings is 5. The molecular formula is C36H28F2O. The Morgan fingerprint density at radius 3 is 1.95 bits per heavy atom. The molecule has 1 heterocycles. The summed E-state index contributed by atoms with van der Waals surface area (Å²) in [5.74, 6) is 0.108. The smallest absolute Gasteiger partial charge is 0.178 e. The molecule has 1 nitrogen and oxygen atoms in total. The molecule has 0 spiro atoms. The Morgan fingerprint density at radius 2 is 1.31 bits per heavy atom. The van der Waals surface area contributed by atoms with Crippen LogP contribution in [0.4, 0.5) is 8.78 Å². The fraction of sp³-hybridized carbons (Fsp3) is 0.167. The summed E-state index contributed by atoms with van der Waals surface area (Å²) in [6.45, 7) is 4.33. The molecule has 0 fully saturated rings. The predicted octanol–water partition coefficient (Wildman–Crippen LogP) is 9.55. The highest BCUT2D eigenvalue weighted by atomic mass is 19.1. The van der Waals surface area contributed by atoms with Gasteiger partial charge < -0.3 is 4.74 Å². The van der Waals surface area contributed by atoms with Crippen molar-refractivity contribution in [2.24, 2.45) is 0 Å². The highest BCUT2D eigenvalue weighted by Crippen LogP contribution is 2.60. The van der Waals surface area contributed by atoms with Gasteiger partial charge in [0.15, 0.2) is 5.60 Å². The van der Waals surface area contributed by atoms with Crippen molar-refractivity contribution in [1.82, 2.24) is 0 Å². The second-order valence-corrected chi connectivity index (χ2v) is 10.6. The average molecular weight is 515 g/mol. The summed E-state index contributed by atoms with van der Waals surface area (Å²) in [4.78, 5) is 0. The Hall–Kier alpha value is -4.24. The van der Waals surface area contributed by atoms with Gasteiger partial charge in [-0.1, -0.05) is 92.7 Å². The average Bonchev–Trinajstić information content (AvgIpc) is 3.27. The van der Waals surface area contributed by atoms with Crippen LogP contribution in [-0.4, -0.2) is 0 Å². The van der Waals surface area contributed by atoms with E-state index in [1.807, 2.05) is 48.5 Å². The third-order valence-corrected chi connectivity index (χ3v) is 8.86. The van der Waals surface area contributed by atoms with Crippen LogP contribution in [0.3, 0.4) is 0 Å². The van der Waals surface area contributed by atoms with E-state index in [4.69, 9.17) is 4.74 Å². The van der Waals surface area contributed by atoms with Crippen LogP contribution >= 0.6 is 0 Å². The van der Waals surface area contributed by atoms with Crippen LogP contribution in [0.1, 0.15) is 54.5 Å². The number of ether oxygens (including phenoxy) is 1. The topological polar surface area (TPSA) is 9.23 Å². The van der Waals surface area contributed by atoms with Crippen LogP contribution in [0.2, 0.25) is 0 Å². The molecular weight excluding hydrogens is 486 g/mol. The van der Waals surface area contributed by atoms with Crippen molar-refractivity contribution < 1.29 is 13.5 Å². The van der Waals surface area contributed by atoms with Crippen molar-refractivity contribution in [3.05, 3.63) is 143 Å². The molecule has 7 rings (SSSR count). The zero-order valence-corrected chi connectivity index (χ0v) is 22.0. The van der Waals surface area contributed by atoms with Crippen molar-refractivity contribution in [3.8, 4) is 16.9 Å². The first-order valence-electron chi connectivity index (χ1n) is 13.6. The van der Waals surface area contributed by atoms with Crippen LogP contribution in [0.15, 0.2) is 103 Å². The van der Waals surface area contributed by atoms with E-state index in [-0.39, 0.29) is 17.0 Å². The molecule has 3 heteroatoms. The highest BCUT2D eigenvalue weighted by Gasteiger charge is 2.47. The number of fused-ring (bicyclic) bond motifs is 8. The monoisotopic (exact) mass is 514 g/mol. The lowest BCUT2D eigenvalue weighted by Crippen LogP contribution is -2.35. The molecule has 0 saturated heterocycles. The lowest BCUT2D eigenvalue weighted by Gasteiger charge is -2.39. The minimum Gasteiger partial charge on any atom is -0.472 e. The Labute approximate surface area is 227 Å². The lowest BCUT2D eigenvalue weighted by atomic mass is 9.71. The Bertz CT molecular complexity index is 1730. The molecule has 2 aliphatic rings. The van der Waals surface area contributed by atoms with Crippen LogP contribution < -0.4 is 4.74 Å². The quantitative estimate of drug-likeness (QED) is 0.232. The van der Waals surface area contributed by atoms with E-state index < -0.39 is 5.60 Å². The van der Waals surface area contributed by atoms with Crippen molar-refractivity contribution in [3.63, 3.8) is 0 Å². The first kappa shape index (κ1) is 23.8. The molecule has 0 saturated carbocycles. The van der Waals surface area contributed by atoms with E-state index in [0.29, 0.717) is 5.75 Å². The molecule has 0 amide bonds. The molecule has 0 atom stereocenters. The van der Waals surface area contributed by atoms with Gasteiger partial charge in [0.2, 0.25) is 0 Å². The van der Waals surface area contributed by atoms with Gasteiger partial charge in [-0.25, -0.2) is 8.78 Å². The second kappa shape index (κ2) is 8.64. The molecule has 1 aliphatic carbocycles. The van der Waals surface area contributed by atoms with Crippen LogP contribution in [-0.2, 0) is 11.0 Å². The maximum atomic E-state index is 14.9. The van der Waals surface area contributed by atoms with Gasteiger partial charge in [0.25, 0.3) is 0 Å². The molecule has 0 radical (unpaired) electrons. The van der Waals surface area contributed by atoms with Crippen molar-refractivity contribution in [2.75, 3.05) is 0 Å². The van der Waals surface area contributed by atoms with Gasteiger partial charge in [0.05, 0.1) is 0 Å². The van der Waals surface area contributed by atoms with Gasteiger partial charge in [-0.2, -0.15) is 0 Å². The summed E-state index contributed by atoms with van der Waals surface area (Å²) in [6.07, 6.45) is 5.90. The summed E-state index contributed by atoms with van der Waals surface area (Å²) >= 11 is 0. The molecule has 5 aromatic rings. The summed E-state index contributed by atoms with van der Waals surface area (Å²) in [7, 11) is 0. The second-order valence-electron chi connectivity index (χ2n) is 10.6. The van der Waals surface area contributed by atoms with Gasteiger partial charge in [-0.15, -0.1) is 0 Å². The van der Waals surface area contributed by atoms with Crippen molar-refractivity contribution in [2.45, 2.75) is 37.7 Å². The highest BCUT2D eigenvalue weighted by molar-refractivity contribution is 6.08. The zero-order valence-electron chi connectivity index (χ0n) is 22.0. The molecule has 5 aromatic carbocycles. The normalized spacial score (nSPS) is 15.9. The van der Waals surface area contributed by atoms with Gasteiger partial charge in [-0.3, -0.25) is 0 Å². The largest absolute Gasteiger partial charge is 0.472 e. The predicted molar refractivity (Wildman–Crippen MR) is 154 cm³/mol. The lowest BCUT2D eigenvalue weighted by molar-refractivity contribution is 0.163. The number of hydrogen-bond donors (Lipinski definition) is 0. The first-order chi connectivity index (χ1) is 19.0. The van der Waals surface area contributed by atoms with E-state index in [1.54, 1.807) is 12.1 Å². The third-order valence-electron chi connectivity index (χ3n) is 8.86. The van der Waals surface area contributed by atoms with Crippen molar-refractivity contribution in [1.29, 1.82) is 0 Å². The molecule has 39 heavy (non-hydrogen) atoms. The Morgan fingerprint density at radius 1 is 0.692 bits per heavy atom. The van der Waals surface area contributed by atoms with Crippen molar-refractivity contribution >= 4 is 16.8 Å². The van der Waals surface area contributed by atoms with Gasteiger partial charge >= 0.3 is 0 Å². The summed E-state index contributed by atoms with van der Waals surface area (Å²) in [6, 6.07) is 30.4. The standard InChI is InChI=1S/C36H28F2O/c1-3-35(4-2)31-22-26(38)16-18-28(31)32-27-17-15-25(37)21-30(27)34-29(33(32)35)19-20-36(39-34,23-11-7-5-8-12-23)24-13-9-6-10-14-24/h5-22H,3-4H2,1-2H3. The molecule has 1 aliphatic heterocycles. The van der Waals surface area contributed by atoms with Crippen LogP contribution in [0, 0.1) is 11.6 Å². The summed E-state index contributed by atoms with van der Waals surface area (Å²) in [5, 5.41) is 1.65. The van der Waals surface area contributed by atoms with Crippen LogP contribution in [0.5, 0.6) is 5.75 Å². The summed E-state index contributed by atoms with van der Waals surface area (Å²) in [5.41, 5.74) is 5.89. The van der Waals surface area contributed by atoms with Gasteiger partial charge in [0, 0.05) is 27.5 Å². The van der Waals surface area contributed by atoms with Gasteiger partial charge in [-0.05, 0) is 70.8 Å². The Kier molecular flexibility index (Phi) is 5.28. The van der Waals surface area contributed by atoms with E-state index >= 15 is 0 Å². The number of halogens is 2. The summed E-state index contributed by atoms with van der Waals surface area (Å²) < 4.78 is 36.8. The molecule has 192 valence electrons. The molecule has 0 unspecified atom stereocenters. The van der Waals surface area contributed by atoms with E-state index in [9.17, 15) is 8.78 Å². The number of rotatable bonds is 4. The third kappa shape index (κ3) is 3.22. The zero-order chi connectivity index (χ0) is 26.8. The molecule has 0 aromatic heterocycles. The van der Waals surface area contributed by atoms with Crippen LogP contribution in [0.25, 0.3) is 28.0 Å². The fourth-order valence-corrected chi connectivity index (χ4v) is 6.99. The Balaban J connectivity index is 1.61. The molecule has 0 bridgehead atoms. The molecule has 0 N–H and O–H groups in total. The maximum Gasteiger partial charge on any atom is 0.178 e. The maximum absolute atomic E-state index is 14.9. The van der Waals surface area contributed by atoms with E-state index in [1.165, 1.54) is 12.1 Å². The number of hydrogen-bond acceptors (Lipinski definition) is 1. The SMILES string of the molecule is CCC1(CC)c2cc(F)ccc2-c2c1c1c(c3cc(F)ccc23)OC(c2ccccc2)(c2ccccc2)C=C1.